The molecule has 1 atom stereocenters. The molecule has 1 aromatic carbocycles. The van der Waals surface area contributed by atoms with Crippen LogP contribution in [0.15, 0.2) is 12.1 Å². The highest BCUT2D eigenvalue weighted by Gasteiger charge is 2.41. The fraction of sp³-hybridized carbons (Fsp3) is 0.533. The third-order valence-electron chi connectivity index (χ3n) is 4.48. The van der Waals surface area contributed by atoms with Gasteiger partial charge in [0.2, 0.25) is 5.91 Å². The number of nitrogens with one attached hydrogen (secondary N) is 1. The third-order valence-corrected chi connectivity index (χ3v) is 5.26. The van der Waals surface area contributed by atoms with Crippen LogP contribution in [0.4, 0.5) is 0 Å². The minimum absolute atomic E-state index is 0. The van der Waals surface area contributed by atoms with Crippen molar-refractivity contribution in [2.24, 2.45) is 11.1 Å². The molecule has 5 nitrogen and oxygen atoms in total. The van der Waals surface area contributed by atoms with Gasteiger partial charge in [-0.2, -0.15) is 0 Å². The zero-order chi connectivity index (χ0) is 15.7. The number of nitrogens with two attached hydrogens (primary N) is 1. The number of hydrogen-bond donors (Lipinski definition) is 2. The summed E-state index contributed by atoms with van der Waals surface area (Å²) in [6.45, 7) is 1.77. The van der Waals surface area contributed by atoms with Gasteiger partial charge in [0.05, 0.1) is 16.5 Å². The van der Waals surface area contributed by atoms with Gasteiger partial charge in [0.1, 0.15) is 17.4 Å². The Morgan fingerprint density at radius 1 is 1.35 bits per heavy atom. The van der Waals surface area contributed by atoms with Crippen molar-refractivity contribution in [3.05, 3.63) is 27.7 Å². The number of carbonyl (C=O) groups is 1. The van der Waals surface area contributed by atoms with E-state index in [0.717, 1.165) is 5.56 Å². The first kappa shape index (κ1) is 18.6. The minimum atomic E-state index is -0.558. The van der Waals surface area contributed by atoms with Gasteiger partial charge in [-0.25, -0.2) is 0 Å². The van der Waals surface area contributed by atoms with E-state index in [4.69, 9.17) is 38.4 Å². The summed E-state index contributed by atoms with van der Waals surface area (Å²) < 4.78 is 10.9. The Hall–Kier alpha value is -0.720. The smallest absolute Gasteiger partial charge is 0.228 e. The number of fused-ring (bicyclic) bond motifs is 1. The molecule has 1 amide bonds. The van der Waals surface area contributed by atoms with Crippen LogP contribution >= 0.6 is 35.6 Å². The molecule has 2 heterocycles. The molecule has 3 rings (SSSR count). The summed E-state index contributed by atoms with van der Waals surface area (Å²) >= 11 is 12.1. The number of hydrogen-bond acceptors (Lipinski definition) is 4. The molecule has 0 bridgehead atoms. The number of amides is 1. The average molecular weight is 382 g/mol. The van der Waals surface area contributed by atoms with Gasteiger partial charge in [-0.05, 0) is 18.9 Å². The molecule has 1 unspecified atom stereocenters. The Bertz CT molecular complexity index is 592. The number of halogens is 3. The minimum Gasteiger partial charge on any atom is -0.489 e. The highest BCUT2D eigenvalue weighted by molar-refractivity contribution is 6.43. The zero-order valence-corrected chi connectivity index (χ0v) is 14.8. The van der Waals surface area contributed by atoms with Gasteiger partial charge in [-0.15, -0.1) is 12.4 Å². The normalized spacial score (nSPS) is 21.8. The number of ether oxygens (including phenoxy) is 2. The predicted molar refractivity (Wildman–Crippen MR) is 91.6 cm³/mol. The molecule has 0 saturated carbocycles. The fourth-order valence-corrected chi connectivity index (χ4v) is 3.32. The van der Waals surface area contributed by atoms with Gasteiger partial charge >= 0.3 is 0 Å². The van der Waals surface area contributed by atoms with Crippen LogP contribution in [0.25, 0.3) is 0 Å². The molecule has 0 aliphatic carbocycles. The van der Waals surface area contributed by atoms with Crippen LogP contribution in [0.5, 0.6) is 5.75 Å². The number of carbonyl (C=O) groups excluding carboxylic acids is 1. The Morgan fingerprint density at radius 3 is 2.70 bits per heavy atom. The first-order chi connectivity index (χ1) is 10.6. The van der Waals surface area contributed by atoms with Crippen LogP contribution < -0.4 is 15.8 Å². The van der Waals surface area contributed by atoms with Crippen molar-refractivity contribution in [2.75, 3.05) is 26.4 Å². The summed E-state index contributed by atoms with van der Waals surface area (Å²) in [5, 5.41) is 3.87. The van der Waals surface area contributed by atoms with Crippen molar-refractivity contribution in [1.29, 1.82) is 0 Å². The van der Waals surface area contributed by atoms with Gasteiger partial charge in [-0.3, -0.25) is 4.79 Å². The summed E-state index contributed by atoms with van der Waals surface area (Å²) in [4.78, 5) is 12.7. The Labute approximate surface area is 151 Å². The monoisotopic (exact) mass is 380 g/mol. The molecule has 23 heavy (non-hydrogen) atoms. The summed E-state index contributed by atoms with van der Waals surface area (Å²) in [5.74, 6) is 0.499. The van der Waals surface area contributed by atoms with Crippen molar-refractivity contribution < 1.29 is 14.3 Å². The molecule has 2 aliphatic rings. The SMILES string of the molecule is Cl.NCC1(C(=O)NC2COc3c2ccc(Cl)c3Cl)CCOCC1. The van der Waals surface area contributed by atoms with Crippen LogP contribution in [-0.4, -0.2) is 32.3 Å². The highest BCUT2D eigenvalue weighted by atomic mass is 35.5. The molecule has 3 N–H and O–H groups in total. The van der Waals surface area contributed by atoms with E-state index in [2.05, 4.69) is 5.32 Å². The zero-order valence-electron chi connectivity index (χ0n) is 12.4. The second-order valence-electron chi connectivity index (χ2n) is 5.71. The fourth-order valence-electron chi connectivity index (χ4n) is 2.94. The summed E-state index contributed by atoms with van der Waals surface area (Å²) in [6.07, 6.45) is 1.27. The molecule has 8 heteroatoms. The van der Waals surface area contributed by atoms with E-state index in [1.165, 1.54) is 0 Å². The summed E-state index contributed by atoms with van der Waals surface area (Å²) in [5.41, 5.74) is 6.16. The standard InChI is InChI=1S/C15H18Cl2N2O3.ClH/c16-10-2-1-9-11(7-22-13(9)12(10)17)19-14(20)15(8-18)3-5-21-6-4-15;/h1-2,11H,3-8,18H2,(H,19,20);1H. The molecule has 0 spiro atoms. The summed E-state index contributed by atoms with van der Waals surface area (Å²) in [6, 6.07) is 3.31. The maximum absolute atomic E-state index is 12.7. The van der Waals surface area contributed by atoms with E-state index in [9.17, 15) is 4.79 Å². The van der Waals surface area contributed by atoms with Gasteiger partial charge in [-0.1, -0.05) is 29.3 Å². The topological polar surface area (TPSA) is 73.6 Å². The van der Waals surface area contributed by atoms with Gasteiger partial charge < -0.3 is 20.5 Å². The molecule has 1 fully saturated rings. The molecular weight excluding hydrogens is 363 g/mol. The molecule has 1 aromatic rings. The van der Waals surface area contributed by atoms with Crippen molar-refractivity contribution in [3.63, 3.8) is 0 Å². The Kier molecular flexibility index (Phi) is 6.03. The van der Waals surface area contributed by atoms with E-state index >= 15 is 0 Å². The molecular formula is C15H19Cl3N2O3. The van der Waals surface area contributed by atoms with Gasteiger partial charge in [0, 0.05) is 25.3 Å². The second kappa shape index (κ2) is 7.45. The Morgan fingerprint density at radius 2 is 2.04 bits per heavy atom. The lowest BCUT2D eigenvalue weighted by molar-refractivity contribution is -0.136. The quantitative estimate of drug-likeness (QED) is 0.844. The summed E-state index contributed by atoms with van der Waals surface area (Å²) in [7, 11) is 0. The van der Waals surface area contributed by atoms with E-state index < -0.39 is 5.41 Å². The molecule has 2 aliphatic heterocycles. The van der Waals surface area contributed by atoms with E-state index in [1.807, 2.05) is 6.07 Å². The van der Waals surface area contributed by atoms with Crippen molar-refractivity contribution in [3.8, 4) is 5.75 Å². The number of rotatable bonds is 3. The maximum atomic E-state index is 12.7. The molecule has 1 saturated heterocycles. The Balaban J connectivity index is 0.00000192. The highest BCUT2D eigenvalue weighted by Crippen LogP contribution is 2.42. The average Bonchev–Trinajstić information content (AvgIpc) is 2.95. The van der Waals surface area contributed by atoms with Crippen LogP contribution in [-0.2, 0) is 9.53 Å². The third kappa shape index (κ3) is 3.39. The largest absolute Gasteiger partial charge is 0.489 e. The molecule has 0 radical (unpaired) electrons. The lowest BCUT2D eigenvalue weighted by Crippen LogP contribution is -2.50. The first-order valence-corrected chi connectivity index (χ1v) is 8.02. The lowest BCUT2D eigenvalue weighted by Gasteiger charge is -2.35. The molecule has 0 aromatic heterocycles. The van der Waals surface area contributed by atoms with E-state index in [0.29, 0.717) is 55.0 Å². The predicted octanol–water partition coefficient (Wildman–Crippen LogP) is 2.72. The maximum Gasteiger partial charge on any atom is 0.228 e. The number of benzene rings is 1. The van der Waals surface area contributed by atoms with Crippen molar-refractivity contribution in [1.82, 2.24) is 5.32 Å². The van der Waals surface area contributed by atoms with Gasteiger partial charge in [0.25, 0.3) is 0 Å². The molecule has 128 valence electrons. The van der Waals surface area contributed by atoms with Crippen molar-refractivity contribution in [2.45, 2.75) is 18.9 Å². The van der Waals surface area contributed by atoms with Crippen LogP contribution in [0.2, 0.25) is 10.0 Å². The van der Waals surface area contributed by atoms with Gasteiger partial charge in [0.15, 0.2) is 0 Å². The van der Waals surface area contributed by atoms with Crippen LogP contribution in [0.1, 0.15) is 24.4 Å². The van der Waals surface area contributed by atoms with Crippen molar-refractivity contribution >= 4 is 41.5 Å². The first-order valence-electron chi connectivity index (χ1n) is 7.27. The van der Waals surface area contributed by atoms with E-state index in [-0.39, 0.29) is 24.4 Å². The van der Waals surface area contributed by atoms with Crippen LogP contribution in [0, 0.1) is 5.41 Å². The lowest BCUT2D eigenvalue weighted by atomic mass is 9.79. The second-order valence-corrected chi connectivity index (χ2v) is 6.50. The van der Waals surface area contributed by atoms with E-state index in [1.54, 1.807) is 6.07 Å². The van der Waals surface area contributed by atoms with Crippen LogP contribution in [0.3, 0.4) is 0 Å².